The Kier molecular flexibility index (Phi) is 2.82. The Hall–Kier alpha value is -1.22. The molecule has 2 rings (SSSR count). The molecule has 0 aromatic heterocycles. The van der Waals surface area contributed by atoms with Gasteiger partial charge in [0.25, 0.3) is 0 Å². The number of hydrogen-bond acceptors (Lipinski definition) is 2. The fourth-order valence-electron chi connectivity index (χ4n) is 2.27. The van der Waals surface area contributed by atoms with E-state index < -0.39 is 0 Å². The molecule has 0 amide bonds. The zero-order valence-corrected chi connectivity index (χ0v) is 8.32. The Morgan fingerprint density at radius 1 is 1.47 bits per heavy atom. The minimum absolute atomic E-state index is 0.00702. The third kappa shape index (κ3) is 1.92. The number of carbonyl (C=O) groups excluding carboxylic acids is 1. The molecule has 1 aliphatic carbocycles. The number of halogens is 1. The highest BCUT2D eigenvalue weighted by atomic mass is 19.1. The number of aliphatic hydroxyl groups excluding tert-OH is 1. The number of carbonyl (C=O) groups is 1. The molecule has 1 N–H and O–H groups in total. The summed E-state index contributed by atoms with van der Waals surface area (Å²) < 4.78 is 13.0. The summed E-state index contributed by atoms with van der Waals surface area (Å²) in [6.07, 6.45) is 1.20. The Labute approximate surface area is 87.7 Å². The molecular formula is C12H13FO2. The minimum Gasteiger partial charge on any atom is -0.396 e. The highest BCUT2D eigenvalue weighted by Gasteiger charge is 2.35. The van der Waals surface area contributed by atoms with Crippen molar-refractivity contribution in [2.45, 2.75) is 18.8 Å². The first-order valence-electron chi connectivity index (χ1n) is 5.11. The van der Waals surface area contributed by atoms with Crippen LogP contribution in [0.3, 0.4) is 0 Å². The molecule has 1 aromatic rings. The van der Waals surface area contributed by atoms with Gasteiger partial charge in [-0.05, 0) is 30.0 Å². The lowest BCUT2D eigenvalue weighted by atomic mass is 9.89. The molecule has 2 unspecified atom stereocenters. The van der Waals surface area contributed by atoms with Crippen LogP contribution in [0, 0.1) is 11.7 Å². The zero-order chi connectivity index (χ0) is 10.8. The van der Waals surface area contributed by atoms with Gasteiger partial charge in [0.15, 0.2) is 0 Å². The molecule has 0 spiro atoms. The molecule has 2 nitrogen and oxygen atoms in total. The van der Waals surface area contributed by atoms with Gasteiger partial charge in [-0.25, -0.2) is 4.39 Å². The molecule has 0 aliphatic heterocycles. The van der Waals surface area contributed by atoms with Crippen molar-refractivity contribution in [2.75, 3.05) is 6.61 Å². The van der Waals surface area contributed by atoms with Crippen LogP contribution in [-0.2, 0) is 4.79 Å². The summed E-state index contributed by atoms with van der Waals surface area (Å²) in [5.74, 6) is -0.575. The van der Waals surface area contributed by atoms with Crippen LogP contribution in [0.1, 0.15) is 24.3 Å². The maximum atomic E-state index is 13.0. The van der Waals surface area contributed by atoms with Gasteiger partial charge in [-0.3, -0.25) is 4.79 Å². The second-order valence-electron chi connectivity index (χ2n) is 3.98. The monoisotopic (exact) mass is 208 g/mol. The number of aliphatic hydroxyl groups is 1. The van der Waals surface area contributed by atoms with Gasteiger partial charge in [0.1, 0.15) is 11.6 Å². The largest absolute Gasteiger partial charge is 0.396 e. The smallest absolute Gasteiger partial charge is 0.140 e. The fourth-order valence-corrected chi connectivity index (χ4v) is 2.27. The van der Waals surface area contributed by atoms with Crippen LogP contribution in [0.4, 0.5) is 4.39 Å². The van der Waals surface area contributed by atoms with E-state index in [0.29, 0.717) is 18.4 Å². The summed E-state index contributed by atoms with van der Waals surface area (Å²) in [4.78, 5) is 11.6. The predicted octanol–water partition coefficient (Wildman–Crippen LogP) is 1.88. The summed E-state index contributed by atoms with van der Waals surface area (Å²) in [6.45, 7) is -0.00702. The van der Waals surface area contributed by atoms with Crippen LogP contribution >= 0.6 is 0 Å². The number of benzene rings is 1. The third-order valence-corrected chi connectivity index (χ3v) is 3.02. The van der Waals surface area contributed by atoms with Gasteiger partial charge in [0.05, 0.1) is 0 Å². The van der Waals surface area contributed by atoms with E-state index >= 15 is 0 Å². The van der Waals surface area contributed by atoms with Crippen molar-refractivity contribution in [3.63, 3.8) is 0 Å². The Morgan fingerprint density at radius 3 is 2.93 bits per heavy atom. The first kappa shape index (κ1) is 10.3. The Morgan fingerprint density at radius 2 is 2.27 bits per heavy atom. The van der Waals surface area contributed by atoms with Crippen LogP contribution in [0.25, 0.3) is 0 Å². The second-order valence-corrected chi connectivity index (χ2v) is 3.98. The van der Waals surface area contributed by atoms with Crippen molar-refractivity contribution in [1.29, 1.82) is 0 Å². The maximum absolute atomic E-state index is 13.0. The summed E-state index contributed by atoms with van der Waals surface area (Å²) in [5, 5.41) is 9.14. The molecule has 0 heterocycles. The molecule has 80 valence electrons. The van der Waals surface area contributed by atoms with Gasteiger partial charge in [-0.15, -0.1) is 0 Å². The lowest BCUT2D eigenvalue weighted by Gasteiger charge is -2.16. The second kappa shape index (κ2) is 4.11. The topological polar surface area (TPSA) is 37.3 Å². The standard InChI is InChI=1S/C12H13FO2/c13-10-3-1-2-8(6-10)12-9(7-14)4-5-11(12)15/h1-3,6,9,12,14H,4-5,7H2. The molecule has 0 radical (unpaired) electrons. The lowest BCUT2D eigenvalue weighted by Crippen LogP contribution is -2.15. The predicted molar refractivity (Wildman–Crippen MR) is 54.0 cm³/mol. The van der Waals surface area contributed by atoms with E-state index in [1.807, 2.05) is 0 Å². The summed E-state index contributed by atoms with van der Waals surface area (Å²) >= 11 is 0. The molecule has 1 saturated carbocycles. The Bertz CT molecular complexity index is 376. The number of Topliss-reactive ketones (excluding diaryl/α,β-unsaturated/α-hetero) is 1. The van der Waals surface area contributed by atoms with Crippen molar-refractivity contribution >= 4 is 5.78 Å². The summed E-state index contributed by atoms with van der Waals surface area (Å²) in [7, 11) is 0. The van der Waals surface area contributed by atoms with E-state index in [9.17, 15) is 9.18 Å². The molecule has 1 fully saturated rings. The summed E-state index contributed by atoms with van der Waals surface area (Å²) in [6, 6.07) is 6.09. The first-order chi connectivity index (χ1) is 7.22. The van der Waals surface area contributed by atoms with Crippen molar-refractivity contribution < 1.29 is 14.3 Å². The van der Waals surface area contributed by atoms with Gasteiger partial charge >= 0.3 is 0 Å². The maximum Gasteiger partial charge on any atom is 0.140 e. The highest BCUT2D eigenvalue weighted by Crippen LogP contribution is 2.36. The van der Waals surface area contributed by atoms with Crippen molar-refractivity contribution in [1.82, 2.24) is 0 Å². The highest BCUT2D eigenvalue weighted by molar-refractivity contribution is 5.88. The third-order valence-electron chi connectivity index (χ3n) is 3.02. The van der Waals surface area contributed by atoms with E-state index in [1.54, 1.807) is 12.1 Å². The molecule has 1 aromatic carbocycles. The van der Waals surface area contributed by atoms with Gasteiger partial charge in [-0.2, -0.15) is 0 Å². The molecule has 2 atom stereocenters. The van der Waals surface area contributed by atoms with E-state index in [1.165, 1.54) is 12.1 Å². The molecule has 1 aliphatic rings. The quantitative estimate of drug-likeness (QED) is 0.805. The SMILES string of the molecule is O=C1CCC(CO)C1c1cccc(F)c1. The van der Waals surface area contributed by atoms with Crippen molar-refractivity contribution in [3.8, 4) is 0 Å². The van der Waals surface area contributed by atoms with Gasteiger partial charge in [0.2, 0.25) is 0 Å². The number of ketones is 1. The van der Waals surface area contributed by atoms with Crippen LogP contribution in [0.2, 0.25) is 0 Å². The number of rotatable bonds is 2. The normalized spacial score (nSPS) is 25.9. The van der Waals surface area contributed by atoms with Crippen molar-refractivity contribution in [2.24, 2.45) is 5.92 Å². The first-order valence-corrected chi connectivity index (χ1v) is 5.11. The number of hydrogen-bond donors (Lipinski definition) is 1. The fraction of sp³-hybridized carbons (Fsp3) is 0.417. The van der Waals surface area contributed by atoms with Crippen LogP contribution in [0.5, 0.6) is 0 Å². The van der Waals surface area contributed by atoms with Crippen LogP contribution in [-0.4, -0.2) is 17.5 Å². The molecular weight excluding hydrogens is 195 g/mol. The summed E-state index contributed by atoms with van der Waals surface area (Å²) in [5.41, 5.74) is 0.691. The molecule has 15 heavy (non-hydrogen) atoms. The van der Waals surface area contributed by atoms with E-state index in [0.717, 1.165) is 0 Å². The minimum atomic E-state index is -0.330. The van der Waals surface area contributed by atoms with Crippen LogP contribution < -0.4 is 0 Å². The van der Waals surface area contributed by atoms with Crippen molar-refractivity contribution in [3.05, 3.63) is 35.6 Å². The Balaban J connectivity index is 2.32. The van der Waals surface area contributed by atoms with Gasteiger partial charge in [-0.1, -0.05) is 12.1 Å². The van der Waals surface area contributed by atoms with Gasteiger partial charge in [0, 0.05) is 18.9 Å². The lowest BCUT2D eigenvalue weighted by molar-refractivity contribution is -0.119. The average molecular weight is 208 g/mol. The zero-order valence-electron chi connectivity index (χ0n) is 8.32. The molecule has 0 bridgehead atoms. The molecule has 3 heteroatoms. The van der Waals surface area contributed by atoms with Crippen LogP contribution in [0.15, 0.2) is 24.3 Å². The van der Waals surface area contributed by atoms with E-state index in [-0.39, 0.29) is 30.0 Å². The molecule has 0 saturated heterocycles. The van der Waals surface area contributed by atoms with E-state index in [4.69, 9.17) is 5.11 Å². The van der Waals surface area contributed by atoms with Gasteiger partial charge < -0.3 is 5.11 Å². The average Bonchev–Trinajstić information content (AvgIpc) is 2.59. The van der Waals surface area contributed by atoms with E-state index in [2.05, 4.69) is 0 Å².